The first-order chi connectivity index (χ1) is 8.43. The summed E-state index contributed by atoms with van der Waals surface area (Å²) in [5.41, 5.74) is 7.94. The fourth-order valence-electron chi connectivity index (χ4n) is 1.92. The lowest BCUT2D eigenvalue weighted by Crippen LogP contribution is -2.20. The number of ether oxygens (including phenoxy) is 2. The Morgan fingerprint density at radius 1 is 1.22 bits per heavy atom. The Morgan fingerprint density at radius 2 is 1.89 bits per heavy atom. The van der Waals surface area contributed by atoms with Crippen LogP contribution < -0.4 is 10.5 Å². The maximum atomic E-state index is 5.87. The predicted octanol–water partition coefficient (Wildman–Crippen LogP) is 3.06. The summed E-state index contributed by atoms with van der Waals surface area (Å²) in [4.78, 5) is 0. The molecular formula is C15H23NO2. The van der Waals surface area contributed by atoms with E-state index in [4.69, 9.17) is 15.2 Å². The van der Waals surface area contributed by atoms with Crippen LogP contribution in [0.4, 0.5) is 0 Å². The van der Waals surface area contributed by atoms with Gasteiger partial charge in [-0.2, -0.15) is 0 Å². The molecule has 0 atom stereocenters. The Hall–Kier alpha value is -1.48. The molecule has 2 N–H and O–H groups in total. The van der Waals surface area contributed by atoms with Gasteiger partial charge in [0, 0.05) is 12.1 Å². The Balaban J connectivity index is 3.34. The van der Waals surface area contributed by atoms with E-state index >= 15 is 0 Å². The maximum Gasteiger partial charge on any atom is 0.127 e. The van der Waals surface area contributed by atoms with Crippen LogP contribution in [0.1, 0.15) is 26.3 Å². The second-order valence-corrected chi connectivity index (χ2v) is 5.20. The molecule has 100 valence electrons. The molecule has 0 spiro atoms. The standard InChI is InChI=1S/C15H23NO2/c1-15(2,3)13(10-16)14(18-5)11-7-6-8-12(9-11)17-4/h6-9H,10,16H2,1-5H3/b14-13-. The summed E-state index contributed by atoms with van der Waals surface area (Å²) < 4.78 is 10.8. The van der Waals surface area contributed by atoms with Crippen molar-refractivity contribution >= 4 is 5.76 Å². The van der Waals surface area contributed by atoms with Gasteiger partial charge >= 0.3 is 0 Å². The van der Waals surface area contributed by atoms with Crippen LogP contribution in [0.5, 0.6) is 5.75 Å². The molecule has 0 unspecified atom stereocenters. The normalized spacial score (nSPS) is 13.0. The molecule has 0 aromatic heterocycles. The molecule has 1 aromatic carbocycles. The van der Waals surface area contributed by atoms with Crippen molar-refractivity contribution in [3.05, 3.63) is 35.4 Å². The summed E-state index contributed by atoms with van der Waals surface area (Å²) in [5, 5.41) is 0. The molecule has 0 aliphatic rings. The van der Waals surface area contributed by atoms with E-state index in [0.29, 0.717) is 6.54 Å². The fraction of sp³-hybridized carbons (Fsp3) is 0.467. The molecule has 0 bridgehead atoms. The van der Waals surface area contributed by atoms with Gasteiger partial charge in [-0.3, -0.25) is 0 Å². The Labute approximate surface area is 110 Å². The molecule has 1 aromatic rings. The van der Waals surface area contributed by atoms with Crippen molar-refractivity contribution in [1.29, 1.82) is 0 Å². The van der Waals surface area contributed by atoms with E-state index in [1.165, 1.54) is 0 Å². The van der Waals surface area contributed by atoms with Gasteiger partial charge in [-0.1, -0.05) is 32.9 Å². The second-order valence-electron chi connectivity index (χ2n) is 5.20. The number of methoxy groups -OCH3 is 2. The van der Waals surface area contributed by atoms with Crippen LogP contribution in [0.15, 0.2) is 29.8 Å². The highest BCUT2D eigenvalue weighted by Crippen LogP contribution is 2.33. The van der Waals surface area contributed by atoms with E-state index in [-0.39, 0.29) is 5.41 Å². The lowest BCUT2D eigenvalue weighted by atomic mass is 9.84. The van der Waals surface area contributed by atoms with Crippen LogP contribution in [0.3, 0.4) is 0 Å². The summed E-state index contributed by atoms with van der Waals surface area (Å²) >= 11 is 0. The monoisotopic (exact) mass is 249 g/mol. The zero-order chi connectivity index (χ0) is 13.8. The smallest absolute Gasteiger partial charge is 0.127 e. The largest absolute Gasteiger partial charge is 0.497 e. The maximum absolute atomic E-state index is 5.87. The Bertz CT molecular complexity index is 430. The van der Waals surface area contributed by atoms with Gasteiger partial charge in [0.1, 0.15) is 11.5 Å². The number of rotatable bonds is 4. The van der Waals surface area contributed by atoms with Crippen molar-refractivity contribution in [3.63, 3.8) is 0 Å². The van der Waals surface area contributed by atoms with E-state index in [0.717, 1.165) is 22.6 Å². The zero-order valence-electron chi connectivity index (χ0n) is 11.9. The highest BCUT2D eigenvalue weighted by molar-refractivity contribution is 5.65. The third-order valence-electron chi connectivity index (χ3n) is 2.92. The molecule has 3 nitrogen and oxygen atoms in total. The van der Waals surface area contributed by atoms with Crippen LogP contribution in [-0.4, -0.2) is 20.8 Å². The van der Waals surface area contributed by atoms with Crippen molar-refractivity contribution < 1.29 is 9.47 Å². The van der Waals surface area contributed by atoms with E-state index in [1.807, 2.05) is 24.3 Å². The average Bonchev–Trinajstić information content (AvgIpc) is 2.34. The number of benzene rings is 1. The molecule has 0 heterocycles. The van der Waals surface area contributed by atoms with Gasteiger partial charge in [0.2, 0.25) is 0 Å². The summed E-state index contributed by atoms with van der Waals surface area (Å²) in [6, 6.07) is 7.82. The average molecular weight is 249 g/mol. The van der Waals surface area contributed by atoms with Gasteiger partial charge in [-0.15, -0.1) is 0 Å². The summed E-state index contributed by atoms with van der Waals surface area (Å²) in [6.07, 6.45) is 0. The molecular weight excluding hydrogens is 226 g/mol. The number of hydrogen-bond donors (Lipinski definition) is 1. The van der Waals surface area contributed by atoms with E-state index in [9.17, 15) is 0 Å². The van der Waals surface area contributed by atoms with Gasteiger partial charge in [-0.05, 0) is 23.1 Å². The molecule has 18 heavy (non-hydrogen) atoms. The molecule has 0 saturated heterocycles. The first-order valence-corrected chi connectivity index (χ1v) is 6.06. The lowest BCUT2D eigenvalue weighted by molar-refractivity contribution is 0.351. The number of nitrogens with two attached hydrogens (primary N) is 1. The fourth-order valence-corrected chi connectivity index (χ4v) is 1.92. The van der Waals surface area contributed by atoms with Crippen molar-refractivity contribution in [2.24, 2.45) is 11.1 Å². The van der Waals surface area contributed by atoms with E-state index in [1.54, 1.807) is 14.2 Å². The highest BCUT2D eigenvalue weighted by Gasteiger charge is 2.22. The molecule has 0 saturated carbocycles. The molecule has 3 heteroatoms. The van der Waals surface area contributed by atoms with Crippen molar-refractivity contribution in [1.82, 2.24) is 0 Å². The molecule has 0 radical (unpaired) electrons. The Kier molecular flexibility index (Phi) is 4.79. The summed E-state index contributed by atoms with van der Waals surface area (Å²) in [6.45, 7) is 6.88. The van der Waals surface area contributed by atoms with Gasteiger partial charge in [-0.25, -0.2) is 0 Å². The van der Waals surface area contributed by atoms with E-state index in [2.05, 4.69) is 20.8 Å². The Morgan fingerprint density at radius 3 is 2.33 bits per heavy atom. The lowest BCUT2D eigenvalue weighted by Gasteiger charge is -2.25. The molecule has 0 amide bonds. The predicted molar refractivity (Wildman–Crippen MR) is 75.4 cm³/mol. The molecule has 0 fully saturated rings. The summed E-state index contributed by atoms with van der Waals surface area (Å²) in [7, 11) is 3.33. The first kappa shape index (κ1) is 14.6. The number of hydrogen-bond acceptors (Lipinski definition) is 3. The van der Waals surface area contributed by atoms with Crippen molar-refractivity contribution in [2.75, 3.05) is 20.8 Å². The molecule has 0 aliphatic heterocycles. The molecule has 0 aliphatic carbocycles. The minimum atomic E-state index is -0.0246. The van der Waals surface area contributed by atoms with Crippen molar-refractivity contribution in [3.8, 4) is 5.75 Å². The van der Waals surface area contributed by atoms with Gasteiger partial charge in [0.05, 0.1) is 14.2 Å². The SMILES string of the molecule is CO/C(=C(/CN)C(C)(C)C)c1cccc(OC)c1. The van der Waals surface area contributed by atoms with Gasteiger partial charge in [0.25, 0.3) is 0 Å². The van der Waals surface area contributed by atoms with Crippen LogP contribution in [0, 0.1) is 5.41 Å². The summed E-state index contributed by atoms with van der Waals surface area (Å²) in [5.74, 6) is 1.65. The third-order valence-corrected chi connectivity index (χ3v) is 2.92. The highest BCUT2D eigenvalue weighted by atomic mass is 16.5. The van der Waals surface area contributed by atoms with Crippen LogP contribution in [-0.2, 0) is 4.74 Å². The van der Waals surface area contributed by atoms with Crippen LogP contribution in [0.25, 0.3) is 5.76 Å². The minimum absolute atomic E-state index is 0.0246. The zero-order valence-corrected chi connectivity index (χ0v) is 11.9. The van der Waals surface area contributed by atoms with Crippen molar-refractivity contribution in [2.45, 2.75) is 20.8 Å². The second kappa shape index (κ2) is 5.91. The first-order valence-electron chi connectivity index (χ1n) is 6.06. The van der Waals surface area contributed by atoms with Crippen LogP contribution in [0.2, 0.25) is 0 Å². The van der Waals surface area contributed by atoms with E-state index < -0.39 is 0 Å². The topological polar surface area (TPSA) is 44.5 Å². The molecule has 1 rings (SSSR count). The van der Waals surface area contributed by atoms with Gasteiger partial charge in [0.15, 0.2) is 0 Å². The van der Waals surface area contributed by atoms with Gasteiger partial charge < -0.3 is 15.2 Å². The van der Waals surface area contributed by atoms with Crippen LogP contribution >= 0.6 is 0 Å². The minimum Gasteiger partial charge on any atom is -0.497 e. The third kappa shape index (κ3) is 3.26. The quantitative estimate of drug-likeness (QED) is 0.834.